The van der Waals surface area contributed by atoms with Gasteiger partial charge in [-0.1, -0.05) is 37.1 Å². The zero-order valence-electron chi connectivity index (χ0n) is 22.4. The smallest absolute Gasteiger partial charge is 0.408 e. The molecule has 0 saturated heterocycles. The minimum absolute atomic E-state index is 0.0227. The highest BCUT2D eigenvalue weighted by atomic mass is 16.6. The van der Waals surface area contributed by atoms with Gasteiger partial charge in [0, 0.05) is 19.5 Å². The van der Waals surface area contributed by atoms with E-state index in [9.17, 15) is 19.2 Å². The topological polar surface area (TPSA) is 131 Å². The number of primary amides is 1. The lowest BCUT2D eigenvalue weighted by molar-refractivity contribution is -0.141. The van der Waals surface area contributed by atoms with E-state index in [1.165, 1.54) is 11.9 Å². The van der Waals surface area contributed by atoms with Crippen LogP contribution in [-0.2, 0) is 19.1 Å². The van der Waals surface area contributed by atoms with Crippen molar-refractivity contribution in [1.29, 1.82) is 0 Å². The Morgan fingerprint density at radius 1 is 1.09 bits per heavy atom. The van der Waals surface area contributed by atoms with Crippen LogP contribution in [-0.4, -0.2) is 53.4 Å². The summed E-state index contributed by atoms with van der Waals surface area (Å²) in [5.41, 5.74) is 7.01. The first-order valence-corrected chi connectivity index (χ1v) is 12.1. The summed E-state index contributed by atoms with van der Waals surface area (Å²) < 4.78 is 5.30. The number of hydrogen-bond donors (Lipinski definition) is 3. The van der Waals surface area contributed by atoms with Crippen molar-refractivity contribution in [2.45, 2.75) is 97.9 Å². The van der Waals surface area contributed by atoms with Gasteiger partial charge in [0.05, 0.1) is 0 Å². The molecule has 9 nitrogen and oxygen atoms in total. The molecule has 0 spiro atoms. The second-order valence-corrected chi connectivity index (χ2v) is 10.1. The predicted molar refractivity (Wildman–Crippen MR) is 136 cm³/mol. The number of carbonyl (C=O) groups is 4. The van der Waals surface area contributed by atoms with Crippen LogP contribution < -0.4 is 16.4 Å². The first kappa shape index (κ1) is 29.9. The maximum absolute atomic E-state index is 13.6. The Balaban J connectivity index is 3.35. The van der Waals surface area contributed by atoms with Gasteiger partial charge in [0.1, 0.15) is 17.7 Å². The molecule has 3 unspecified atom stereocenters. The highest BCUT2D eigenvalue weighted by Crippen LogP contribution is 2.26. The highest BCUT2D eigenvalue weighted by Gasteiger charge is 2.35. The van der Waals surface area contributed by atoms with E-state index in [0.717, 1.165) is 24.0 Å². The summed E-state index contributed by atoms with van der Waals surface area (Å²) in [6, 6.07) is 3.62. The number of benzene rings is 1. The summed E-state index contributed by atoms with van der Waals surface area (Å²) in [6.07, 6.45) is 0.765. The van der Waals surface area contributed by atoms with Crippen molar-refractivity contribution in [3.05, 3.63) is 34.9 Å². The zero-order chi connectivity index (χ0) is 26.9. The molecule has 3 atom stereocenters. The molecule has 0 saturated carbocycles. The Morgan fingerprint density at radius 2 is 1.71 bits per heavy atom. The van der Waals surface area contributed by atoms with E-state index < -0.39 is 35.6 Å². The Labute approximate surface area is 209 Å². The van der Waals surface area contributed by atoms with Crippen molar-refractivity contribution >= 4 is 23.8 Å². The number of rotatable bonds is 11. The first-order chi connectivity index (χ1) is 16.2. The quantitative estimate of drug-likeness (QED) is 0.438. The first-order valence-electron chi connectivity index (χ1n) is 12.1. The SMILES string of the molecule is CCCC(C)NC(=O)C(c1cc(C)ccc1C)N(C)C(=O)C(CCC(N)=O)NC(=O)OC(C)(C)C. The monoisotopic (exact) mass is 490 g/mol. The maximum atomic E-state index is 13.6. The lowest BCUT2D eigenvalue weighted by atomic mass is 9.96. The van der Waals surface area contributed by atoms with Crippen LogP contribution in [0, 0.1) is 13.8 Å². The van der Waals surface area contributed by atoms with E-state index in [4.69, 9.17) is 10.5 Å². The minimum atomic E-state index is -1.10. The van der Waals surface area contributed by atoms with Gasteiger partial charge in [-0.25, -0.2) is 4.79 Å². The molecule has 0 bridgehead atoms. The summed E-state index contributed by atoms with van der Waals surface area (Å²) >= 11 is 0. The molecule has 4 N–H and O–H groups in total. The molecule has 0 aromatic heterocycles. The standard InChI is InChI=1S/C26H42N4O5/c1-9-10-18(4)28-23(32)22(19-15-16(2)11-12-17(19)3)30(8)24(33)20(13-14-21(27)31)29-25(34)35-26(5,6)7/h11-12,15,18,20,22H,9-10,13-14H2,1-8H3,(H2,27,31)(H,28,32)(H,29,34). The normalized spacial score (nSPS) is 13.8. The average molecular weight is 491 g/mol. The molecule has 9 heteroatoms. The van der Waals surface area contributed by atoms with E-state index in [1.807, 2.05) is 45.9 Å². The number of carbonyl (C=O) groups excluding carboxylic acids is 4. The molecular formula is C26H42N4O5. The number of ether oxygens (including phenoxy) is 1. The van der Waals surface area contributed by atoms with E-state index in [0.29, 0.717) is 5.56 Å². The third-order valence-corrected chi connectivity index (χ3v) is 5.49. The number of hydrogen-bond acceptors (Lipinski definition) is 5. The molecule has 0 heterocycles. The number of alkyl carbamates (subject to hydrolysis) is 1. The van der Waals surface area contributed by atoms with Gasteiger partial charge in [-0.2, -0.15) is 0 Å². The van der Waals surface area contributed by atoms with Crippen LogP contribution in [0.4, 0.5) is 4.79 Å². The number of nitrogens with zero attached hydrogens (tertiary/aromatic N) is 1. The molecule has 1 aromatic carbocycles. The van der Waals surface area contributed by atoms with Crippen molar-refractivity contribution in [2.24, 2.45) is 5.73 Å². The van der Waals surface area contributed by atoms with Crippen LogP contribution >= 0.6 is 0 Å². The Hall–Kier alpha value is -3.10. The van der Waals surface area contributed by atoms with Crippen LogP contribution in [0.1, 0.15) is 83.0 Å². The number of amides is 4. The van der Waals surface area contributed by atoms with Gasteiger partial charge in [-0.05, 0) is 65.5 Å². The number of likely N-dealkylation sites (N-methyl/N-ethyl adjacent to an activating group) is 1. The molecule has 0 aliphatic heterocycles. The van der Waals surface area contributed by atoms with Crippen molar-refractivity contribution < 1.29 is 23.9 Å². The zero-order valence-corrected chi connectivity index (χ0v) is 22.4. The second kappa shape index (κ2) is 13.1. The second-order valence-electron chi connectivity index (χ2n) is 10.1. The van der Waals surface area contributed by atoms with Crippen LogP contribution in [0.2, 0.25) is 0 Å². The molecule has 0 fully saturated rings. The van der Waals surface area contributed by atoms with Crippen molar-refractivity contribution in [1.82, 2.24) is 15.5 Å². The molecule has 196 valence electrons. The molecule has 1 rings (SSSR count). The molecule has 35 heavy (non-hydrogen) atoms. The van der Waals surface area contributed by atoms with Crippen molar-refractivity contribution in [2.75, 3.05) is 7.05 Å². The highest BCUT2D eigenvalue weighted by molar-refractivity contribution is 5.92. The fourth-order valence-electron chi connectivity index (χ4n) is 3.77. The number of aryl methyl sites for hydroxylation is 2. The van der Waals surface area contributed by atoms with Crippen LogP contribution in [0.3, 0.4) is 0 Å². The molecule has 0 aliphatic carbocycles. The van der Waals surface area contributed by atoms with Gasteiger partial charge in [0.2, 0.25) is 17.7 Å². The van der Waals surface area contributed by atoms with Crippen LogP contribution in [0.25, 0.3) is 0 Å². The Morgan fingerprint density at radius 3 is 2.26 bits per heavy atom. The van der Waals surface area contributed by atoms with Gasteiger partial charge in [0.25, 0.3) is 0 Å². The third kappa shape index (κ3) is 9.96. The van der Waals surface area contributed by atoms with E-state index >= 15 is 0 Å². The molecule has 0 aliphatic rings. The van der Waals surface area contributed by atoms with E-state index in [2.05, 4.69) is 10.6 Å². The largest absolute Gasteiger partial charge is 0.444 e. The predicted octanol–water partition coefficient (Wildman–Crippen LogP) is 3.27. The van der Waals surface area contributed by atoms with Crippen molar-refractivity contribution in [3.63, 3.8) is 0 Å². The van der Waals surface area contributed by atoms with Gasteiger partial charge in [-0.15, -0.1) is 0 Å². The minimum Gasteiger partial charge on any atom is -0.444 e. The van der Waals surface area contributed by atoms with Gasteiger partial charge < -0.3 is 26.0 Å². The number of nitrogens with one attached hydrogen (secondary N) is 2. The summed E-state index contributed by atoms with van der Waals surface area (Å²) in [7, 11) is 1.52. The van der Waals surface area contributed by atoms with Crippen molar-refractivity contribution in [3.8, 4) is 0 Å². The summed E-state index contributed by atoms with van der Waals surface area (Å²) in [5.74, 6) is -1.45. The molecule has 4 amide bonds. The molecule has 1 aromatic rings. The fourth-order valence-corrected chi connectivity index (χ4v) is 3.77. The Kier molecular flexibility index (Phi) is 11.2. The van der Waals surface area contributed by atoms with Gasteiger partial charge >= 0.3 is 6.09 Å². The lowest BCUT2D eigenvalue weighted by Gasteiger charge is -2.33. The number of nitrogens with two attached hydrogens (primary N) is 1. The van der Waals surface area contributed by atoms with Gasteiger partial charge in [0.15, 0.2) is 0 Å². The van der Waals surface area contributed by atoms with Crippen LogP contribution in [0.5, 0.6) is 0 Å². The summed E-state index contributed by atoms with van der Waals surface area (Å²) in [4.78, 5) is 52.2. The van der Waals surface area contributed by atoms with Gasteiger partial charge in [-0.3, -0.25) is 14.4 Å². The Bertz CT molecular complexity index is 909. The van der Waals surface area contributed by atoms with E-state index in [-0.39, 0.29) is 24.8 Å². The lowest BCUT2D eigenvalue weighted by Crippen LogP contribution is -2.52. The molecular weight excluding hydrogens is 448 g/mol. The molecule has 0 radical (unpaired) electrons. The van der Waals surface area contributed by atoms with E-state index in [1.54, 1.807) is 20.8 Å². The fraction of sp³-hybridized carbons (Fsp3) is 0.615. The third-order valence-electron chi connectivity index (χ3n) is 5.49. The average Bonchev–Trinajstić information content (AvgIpc) is 2.71. The summed E-state index contributed by atoms with van der Waals surface area (Å²) in [5, 5.41) is 5.55. The summed E-state index contributed by atoms with van der Waals surface area (Å²) in [6.45, 7) is 12.9. The maximum Gasteiger partial charge on any atom is 0.408 e. The van der Waals surface area contributed by atoms with Crippen LogP contribution in [0.15, 0.2) is 18.2 Å².